The van der Waals surface area contributed by atoms with E-state index in [2.05, 4.69) is 5.32 Å². The number of amides is 1. The maximum absolute atomic E-state index is 11.5. The van der Waals surface area contributed by atoms with Crippen molar-refractivity contribution >= 4 is 5.91 Å². The number of nitrogens with zero attached hydrogens (tertiary/aromatic N) is 1. The fraction of sp³-hybridized carbons (Fsp3) is 0.533. The zero-order chi connectivity index (χ0) is 14.4. The molecule has 0 radical (unpaired) electrons. The first-order valence-corrected chi connectivity index (χ1v) is 6.60. The molecule has 0 aliphatic rings. The van der Waals surface area contributed by atoms with E-state index in [0.29, 0.717) is 6.54 Å². The van der Waals surface area contributed by atoms with Gasteiger partial charge in [-0.1, -0.05) is 12.1 Å². The Kier molecular flexibility index (Phi) is 5.83. The van der Waals surface area contributed by atoms with E-state index in [-0.39, 0.29) is 18.1 Å². The maximum atomic E-state index is 11.5. The van der Waals surface area contributed by atoms with Crippen LogP contribution in [0.4, 0.5) is 0 Å². The smallest absolute Gasteiger partial charge is 0.236 e. The monoisotopic (exact) mass is 264 g/mol. The normalized spacial score (nSPS) is 12.3. The van der Waals surface area contributed by atoms with Crippen LogP contribution >= 0.6 is 0 Å². The van der Waals surface area contributed by atoms with Gasteiger partial charge in [0.1, 0.15) is 5.75 Å². The van der Waals surface area contributed by atoms with Crippen molar-refractivity contribution in [3.05, 3.63) is 29.8 Å². The Morgan fingerprint density at radius 2 is 1.79 bits per heavy atom. The second kappa shape index (κ2) is 7.14. The number of nitrogens with one attached hydrogen (secondary N) is 1. The zero-order valence-corrected chi connectivity index (χ0v) is 12.4. The van der Waals surface area contributed by atoms with Crippen molar-refractivity contribution in [3.8, 4) is 5.75 Å². The molecular weight excluding hydrogens is 240 g/mol. The molecule has 0 saturated carbocycles. The van der Waals surface area contributed by atoms with Gasteiger partial charge < -0.3 is 15.0 Å². The number of benzene rings is 1. The molecule has 106 valence electrons. The van der Waals surface area contributed by atoms with Crippen molar-refractivity contribution in [1.29, 1.82) is 0 Å². The van der Waals surface area contributed by atoms with Gasteiger partial charge in [-0.25, -0.2) is 0 Å². The van der Waals surface area contributed by atoms with E-state index in [1.54, 1.807) is 19.0 Å². The fourth-order valence-electron chi connectivity index (χ4n) is 1.62. The Balaban J connectivity index is 2.53. The lowest BCUT2D eigenvalue weighted by Gasteiger charge is -2.17. The van der Waals surface area contributed by atoms with Gasteiger partial charge in [0, 0.05) is 20.1 Å². The third-order valence-corrected chi connectivity index (χ3v) is 2.81. The highest BCUT2D eigenvalue weighted by Gasteiger charge is 2.09. The summed E-state index contributed by atoms with van der Waals surface area (Å²) >= 11 is 0. The lowest BCUT2D eigenvalue weighted by molar-refractivity contribution is -0.127. The van der Waals surface area contributed by atoms with E-state index in [1.807, 2.05) is 45.0 Å². The van der Waals surface area contributed by atoms with E-state index < -0.39 is 0 Å². The summed E-state index contributed by atoms with van der Waals surface area (Å²) in [5.74, 6) is 0.946. The summed E-state index contributed by atoms with van der Waals surface area (Å²) in [6.45, 7) is 6.40. The molecule has 19 heavy (non-hydrogen) atoms. The van der Waals surface area contributed by atoms with Gasteiger partial charge in [-0.15, -0.1) is 0 Å². The summed E-state index contributed by atoms with van der Waals surface area (Å²) in [5.41, 5.74) is 1.14. The summed E-state index contributed by atoms with van der Waals surface area (Å²) in [6, 6.07) is 8.10. The Bertz CT molecular complexity index is 399. The predicted octanol–water partition coefficient (Wildman–Crippen LogP) is 2.21. The highest BCUT2D eigenvalue weighted by Crippen LogP contribution is 2.18. The molecule has 0 saturated heterocycles. The van der Waals surface area contributed by atoms with Crippen molar-refractivity contribution in [3.63, 3.8) is 0 Å². The van der Waals surface area contributed by atoms with Crippen LogP contribution in [0, 0.1) is 0 Å². The van der Waals surface area contributed by atoms with Gasteiger partial charge in [0.25, 0.3) is 0 Å². The minimum absolute atomic E-state index is 0.0756. The maximum Gasteiger partial charge on any atom is 0.236 e. The first kappa shape index (κ1) is 15.5. The first-order valence-electron chi connectivity index (χ1n) is 6.60. The second-order valence-electron chi connectivity index (χ2n) is 5.13. The van der Waals surface area contributed by atoms with Crippen LogP contribution < -0.4 is 10.1 Å². The Morgan fingerprint density at radius 1 is 1.21 bits per heavy atom. The average molecular weight is 264 g/mol. The summed E-state index contributed by atoms with van der Waals surface area (Å²) in [6.07, 6.45) is 0.180. The minimum Gasteiger partial charge on any atom is -0.491 e. The van der Waals surface area contributed by atoms with E-state index in [0.717, 1.165) is 11.3 Å². The van der Waals surface area contributed by atoms with Crippen LogP contribution in [0.1, 0.15) is 32.4 Å². The minimum atomic E-state index is 0.0756. The fourth-order valence-corrected chi connectivity index (χ4v) is 1.62. The van der Waals surface area contributed by atoms with Crippen molar-refractivity contribution in [2.24, 2.45) is 0 Å². The summed E-state index contributed by atoms with van der Waals surface area (Å²) in [5, 5.41) is 3.21. The Labute approximate surface area is 115 Å². The SMILES string of the molecule is CC(C)Oc1ccc(C(C)NCC(=O)N(C)C)cc1. The number of hydrogen-bond donors (Lipinski definition) is 1. The molecule has 1 aromatic carbocycles. The van der Waals surface area contributed by atoms with Gasteiger partial charge in [-0.05, 0) is 38.5 Å². The van der Waals surface area contributed by atoms with Crippen LogP contribution in [0.25, 0.3) is 0 Å². The lowest BCUT2D eigenvalue weighted by Crippen LogP contribution is -2.34. The van der Waals surface area contributed by atoms with E-state index >= 15 is 0 Å². The standard InChI is InChI=1S/C15H24N2O2/c1-11(2)19-14-8-6-13(7-9-14)12(3)16-10-15(18)17(4)5/h6-9,11-12,16H,10H2,1-5H3. The molecule has 0 aliphatic heterocycles. The van der Waals surface area contributed by atoms with Gasteiger partial charge in [-0.3, -0.25) is 4.79 Å². The highest BCUT2D eigenvalue weighted by molar-refractivity contribution is 5.77. The number of carbonyl (C=O) groups excluding carboxylic acids is 1. The van der Waals surface area contributed by atoms with Gasteiger partial charge in [0.05, 0.1) is 12.6 Å². The molecule has 0 spiro atoms. The number of carbonyl (C=O) groups is 1. The molecule has 1 aromatic rings. The van der Waals surface area contributed by atoms with Crippen molar-refractivity contribution in [1.82, 2.24) is 10.2 Å². The van der Waals surface area contributed by atoms with E-state index in [4.69, 9.17) is 4.74 Å². The van der Waals surface area contributed by atoms with Crippen LogP contribution in [0.5, 0.6) is 5.75 Å². The molecule has 4 heteroatoms. The molecule has 0 heterocycles. The number of likely N-dealkylation sites (N-methyl/N-ethyl adjacent to an activating group) is 1. The molecule has 0 aromatic heterocycles. The van der Waals surface area contributed by atoms with E-state index in [9.17, 15) is 4.79 Å². The van der Waals surface area contributed by atoms with Gasteiger partial charge in [-0.2, -0.15) is 0 Å². The van der Waals surface area contributed by atoms with Gasteiger partial charge in [0.15, 0.2) is 0 Å². The molecule has 1 amide bonds. The average Bonchev–Trinajstić information content (AvgIpc) is 2.35. The molecule has 1 N–H and O–H groups in total. The Morgan fingerprint density at radius 3 is 2.26 bits per heavy atom. The molecule has 0 aliphatic carbocycles. The first-order chi connectivity index (χ1) is 8.90. The molecule has 0 fully saturated rings. The largest absolute Gasteiger partial charge is 0.491 e. The van der Waals surface area contributed by atoms with Gasteiger partial charge >= 0.3 is 0 Å². The number of ether oxygens (including phenoxy) is 1. The topological polar surface area (TPSA) is 41.6 Å². The Hall–Kier alpha value is -1.55. The van der Waals surface area contributed by atoms with Crippen molar-refractivity contribution in [2.75, 3.05) is 20.6 Å². The van der Waals surface area contributed by atoms with Crippen LogP contribution in [0.2, 0.25) is 0 Å². The molecule has 4 nitrogen and oxygen atoms in total. The van der Waals surface area contributed by atoms with Crippen LogP contribution in [0.3, 0.4) is 0 Å². The van der Waals surface area contributed by atoms with Gasteiger partial charge in [0.2, 0.25) is 5.91 Å². The molecule has 0 bridgehead atoms. The third kappa shape index (κ3) is 5.30. The van der Waals surface area contributed by atoms with E-state index in [1.165, 1.54) is 0 Å². The summed E-state index contributed by atoms with van der Waals surface area (Å²) in [4.78, 5) is 13.1. The summed E-state index contributed by atoms with van der Waals surface area (Å²) in [7, 11) is 3.51. The zero-order valence-electron chi connectivity index (χ0n) is 12.4. The third-order valence-electron chi connectivity index (χ3n) is 2.81. The lowest BCUT2D eigenvalue weighted by atomic mass is 10.1. The molecule has 1 atom stereocenters. The summed E-state index contributed by atoms with van der Waals surface area (Å²) < 4.78 is 5.60. The number of hydrogen-bond acceptors (Lipinski definition) is 3. The van der Waals surface area contributed by atoms with Crippen LogP contribution in [-0.4, -0.2) is 37.6 Å². The van der Waals surface area contributed by atoms with Crippen molar-refractivity contribution in [2.45, 2.75) is 32.9 Å². The van der Waals surface area contributed by atoms with Crippen LogP contribution in [-0.2, 0) is 4.79 Å². The quantitative estimate of drug-likeness (QED) is 0.856. The molecule has 1 unspecified atom stereocenters. The van der Waals surface area contributed by atoms with Crippen LogP contribution in [0.15, 0.2) is 24.3 Å². The predicted molar refractivity (Wildman–Crippen MR) is 77.3 cm³/mol. The number of rotatable bonds is 6. The molecular formula is C15H24N2O2. The van der Waals surface area contributed by atoms with Crippen molar-refractivity contribution < 1.29 is 9.53 Å². The second-order valence-corrected chi connectivity index (χ2v) is 5.13. The highest BCUT2D eigenvalue weighted by atomic mass is 16.5. The molecule has 1 rings (SSSR count).